The Bertz CT molecular complexity index is 1050. The predicted molar refractivity (Wildman–Crippen MR) is 123 cm³/mol. The second-order valence-corrected chi connectivity index (χ2v) is 13.2. The van der Waals surface area contributed by atoms with Crippen LogP contribution >= 0.6 is 0 Å². The molecule has 2 N–H and O–H groups in total. The Morgan fingerprint density at radius 1 is 1.03 bits per heavy atom. The molecule has 0 bridgehead atoms. The summed E-state index contributed by atoms with van der Waals surface area (Å²) in [6.07, 6.45) is 3.21. The lowest BCUT2D eigenvalue weighted by Crippen LogP contribution is -2.68. The van der Waals surface area contributed by atoms with E-state index in [9.17, 15) is 23.4 Å². The molecule has 33 heavy (non-hydrogen) atoms. The monoisotopic (exact) mass is 476 g/mol. The largest absolute Gasteiger partial charge is 0.390 e. The van der Waals surface area contributed by atoms with E-state index >= 15 is 0 Å². The Hall–Kier alpha value is -1.28. The first-order chi connectivity index (χ1) is 15.4. The van der Waals surface area contributed by atoms with E-state index in [0.717, 1.165) is 24.8 Å². The Morgan fingerprint density at radius 2 is 1.73 bits per heavy atom. The molecule has 7 heteroatoms. The zero-order chi connectivity index (χ0) is 23.8. The minimum absolute atomic E-state index is 0.0971. The van der Waals surface area contributed by atoms with E-state index in [1.165, 1.54) is 12.1 Å². The summed E-state index contributed by atoms with van der Waals surface area (Å²) < 4.78 is 31.3. The third kappa shape index (κ3) is 3.37. The van der Waals surface area contributed by atoms with Crippen molar-refractivity contribution in [3.63, 3.8) is 0 Å². The molecular weight excluding hydrogens is 440 g/mol. The summed E-state index contributed by atoms with van der Waals surface area (Å²) in [5.74, 6) is 1.04. The summed E-state index contributed by atoms with van der Waals surface area (Å²) in [6, 6.07) is 6.54. The molecule has 0 amide bonds. The van der Waals surface area contributed by atoms with Crippen molar-refractivity contribution in [3.05, 3.63) is 29.8 Å². The van der Waals surface area contributed by atoms with E-state index in [4.69, 9.17) is 4.18 Å². The summed E-state index contributed by atoms with van der Waals surface area (Å²) in [5.41, 5.74) is -1.27. The molecule has 0 saturated heterocycles. The minimum Gasteiger partial charge on any atom is -0.390 e. The lowest BCUT2D eigenvalue weighted by atomic mass is 9.43. The average molecular weight is 477 g/mol. The third-order valence-corrected chi connectivity index (χ3v) is 11.5. The molecule has 0 heterocycles. The Morgan fingerprint density at radius 3 is 2.42 bits per heavy atom. The molecule has 0 unspecified atom stereocenters. The van der Waals surface area contributed by atoms with Crippen molar-refractivity contribution in [3.8, 4) is 0 Å². The van der Waals surface area contributed by atoms with Crippen molar-refractivity contribution < 1.29 is 27.6 Å². The molecule has 1 aromatic rings. The van der Waals surface area contributed by atoms with Crippen LogP contribution < -0.4 is 0 Å². The van der Waals surface area contributed by atoms with Gasteiger partial charge in [-0.1, -0.05) is 31.5 Å². The number of aryl methyl sites for hydroxylation is 1. The van der Waals surface area contributed by atoms with Gasteiger partial charge in [0.25, 0.3) is 10.1 Å². The standard InChI is InChI=1S/C26H36O6S/c1-16-4-6-18(7-5-16)33(30,31)32-17-10-13-25(3)21-11-12-24(2)20(8-9-22(24)27)19(21)14-23(28)26(25,29)15-17/h4-7,17,19-21,23,28-29H,8-15H2,1-3H3/t17-,19-,20-,21-,23+,24-,25+,26-/m0/s1. The van der Waals surface area contributed by atoms with Crippen LogP contribution in [0.1, 0.15) is 70.8 Å². The first-order valence-corrected chi connectivity index (χ1v) is 13.8. The number of rotatable bonds is 3. The van der Waals surface area contributed by atoms with Crippen molar-refractivity contribution in [1.29, 1.82) is 0 Å². The predicted octanol–water partition coefficient (Wildman–Crippen LogP) is 3.77. The Balaban J connectivity index is 1.39. The van der Waals surface area contributed by atoms with Gasteiger partial charge >= 0.3 is 0 Å². The first-order valence-electron chi connectivity index (χ1n) is 12.3. The summed E-state index contributed by atoms with van der Waals surface area (Å²) in [6.45, 7) is 6.05. The fraction of sp³-hybridized carbons (Fsp3) is 0.731. The Kier molecular flexibility index (Phi) is 5.41. The minimum atomic E-state index is -3.96. The summed E-state index contributed by atoms with van der Waals surface area (Å²) >= 11 is 0. The van der Waals surface area contributed by atoms with Crippen LogP contribution in [-0.2, 0) is 19.1 Å². The fourth-order valence-electron chi connectivity index (χ4n) is 8.04. The van der Waals surface area contributed by atoms with Crippen LogP contribution in [0.15, 0.2) is 29.2 Å². The molecule has 0 radical (unpaired) electrons. The van der Waals surface area contributed by atoms with E-state index < -0.39 is 33.3 Å². The van der Waals surface area contributed by atoms with Crippen LogP contribution in [0.2, 0.25) is 0 Å². The van der Waals surface area contributed by atoms with Crippen molar-refractivity contribution in [2.45, 2.75) is 94.8 Å². The van der Waals surface area contributed by atoms with Gasteiger partial charge in [0.2, 0.25) is 0 Å². The molecule has 4 saturated carbocycles. The maximum absolute atomic E-state index is 12.9. The number of hydrogen-bond acceptors (Lipinski definition) is 6. The molecule has 6 nitrogen and oxygen atoms in total. The van der Waals surface area contributed by atoms with E-state index in [-0.39, 0.29) is 34.5 Å². The van der Waals surface area contributed by atoms with Gasteiger partial charge < -0.3 is 10.2 Å². The molecular formula is C26H36O6S. The highest BCUT2D eigenvalue weighted by molar-refractivity contribution is 7.86. The van der Waals surface area contributed by atoms with Gasteiger partial charge in [-0.25, -0.2) is 0 Å². The van der Waals surface area contributed by atoms with E-state index in [2.05, 4.69) is 13.8 Å². The molecule has 182 valence electrons. The van der Waals surface area contributed by atoms with Crippen LogP contribution in [0.4, 0.5) is 0 Å². The highest BCUT2D eigenvalue weighted by Gasteiger charge is 2.67. The molecule has 4 aliphatic rings. The van der Waals surface area contributed by atoms with Gasteiger partial charge in [0.05, 0.1) is 22.7 Å². The number of carbonyl (C=O) groups excluding carboxylic acids is 1. The van der Waals surface area contributed by atoms with E-state index in [1.807, 2.05) is 6.92 Å². The van der Waals surface area contributed by atoms with Crippen molar-refractivity contribution in [2.75, 3.05) is 0 Å². The van der Waals surface area contributed by atoms with Gasteiger partial charge in [0.1, 0.15) is 5.78 Å². The van der Waals surface area contributed by atoms with Crippen LogP contribution in [0, 0.1) is 35.5 Å². The second-order valence-electron chi connectivity index (χ2n) is 11.6. The van der Waals surface area contributed by atoms with Crippen molar-refractivity contribution in [2.24, 2.45) is 28.6 Å². The van der Waals surface area contributed by atoms with Crippen LogP contribution in [0.25, 0.3) is 0 Å². The quantitative estimate of drug-likeness (QED) is 0.644. The summed E-state index contributed by atoms with van der Waals surface area (Å²) in [7, 11) is -3.96. The number of aliphatic hydroxyl groups is 2. The van der Waals surface area contributed by atoms with Gasteiger partial charge in [-0.2, -0.15) is 8.42 Å². The van der Waals surface area contributed by atoms with Crippen molar-refractivity contribution >= 4 is 15.9 Å². The van der Waals surface area contributed by atoms with Crippen LogP contribution in [0.5, 0.6) is 0 Å². The smallest absolute Gasteiger partial charge is 0.297 e. The lowest BCUT2D eigenvalue weighted by Gasteiger charge is -2.64. The zero-order valence-corrected chi connectivity index (χ0v) is 20.6. The maximum atomic E-state index is 12.9. The van der Waals surface area contributed by atoms with E-state index in [0.29, 0.717) is 31.5 Å². The molecule has 4 aliphatic carbocycles. The Labute approximate surface area is 196 Å². The fourth-order valence-corrected chi connectivity index (χ4v) is 9.14. The first kappa shape index (κ1) is 23.5. The SMILES string of the molecule is Cc1ccc(S(=O)(=O)O[C@H]2CC[C@]3(C)[C@H]4CC[C@]5(C)C(=O)CC[C@H]5[C@@H]4C[C@@H](O)[C@@]3(O)C2)cc1. The molecule has 8 atom stereocenters. The van der Waals surface area contributed by atoms with E-state index in [1.54, 1.807) is 12.1 Å². The van der Waals surface area contributed by atoms with Crippen molar-refractivity contribution in [1.82, 2.24) is 0 Å². The van der Waals surface area contributed by atoms with Gasteiger partial charge in [-0.15, -0.1) is 0 Å². The molecule has 5 rings (SSSR count). The van der Waals surface area contributed by atoms with Gasteiger partial charge in [-0.3, -0.25) is 8.98 Å². The van der Waals surface area contributed by atoms with Crippen LogP contribution in [-0.4, -0.2) is 42.2 Å². The molecule has 1 aromatic carbocycles. The highest BCUT2D eigenvalue weighted by Crippen LogP contribution is 2.66. The van der Waals surface area contributed by atoms with Crippen LogP contribution in [0.3, 0.4) is 0 Å². The summed E-state index contributed by atoms with van der Waals surface area (Å²) in [5, 5.41) is 23.2. The average Bonchev–Trinajstić information content (AvgIpc) is 3.05. The number of hydrogen-bond donors (Lipinski definition) is 2. The molecule has 0 aliphatic heterocycles. The topological polar surface area (TPSA) is 101 Å². The number of Topliss-reactive ketones (excluding diaryl/α,β-unsaturated/α-hetero) is 1. The summed E-state index contributed by atoms with van der Waals surface area (Å²) in [4.78, 5) is 12.7. The lowest BCUT2D eigenvalue weighted by molar-refractivity contribution is -0.260. The normalized spacial score (nSPS) is 45.2. The number of ketones is 1. The van der Waals surface area contributed by atoms with Gasteiger partial charge in [-0.05, 0) is 75.3 Å². The number of aliphatic hydroxyl groups excluding tert-OH is 1. The highest BCUT2D eigenvalue weighted by atomic mass is 32.2. The molecule has 4 fully saturated rings. The zero-order valence-electron chi connectivity index (χ0n) is 19.8. The van der Waals surface area contributed by atoms with Gasteiger partial charge in [0, 0.05) is 23.7 Å². The molecule has 0 aromatic heterocycles. The third-order valence-electron chi connectivity index (χ3n) is 10.1. The second kappa shape index (κ2) is 7.61. The number of fused-ring (bicyclic) bond motifs is 5. The molecule has 0 spiro atoms. The van der Waals surface area contributed by atoms with Gasteiger partial charge in [0.15, 0.2) is 0 Å². The number of carbonyl (C=O) groups is 1. The number of benzene rings is 1. The maximum Gasteiger partial charge on any atom is 0.297 e.